The van der Waals surface area contributed by atoms with E-state index in [1.807, 2.05) is 6.07 Å². The molecule has 8 heteroatoms. The van der Waals surface area contributed by atoms with E-state index in [1.54, 1.807) is 56.8 Å². The summed E-state index contributed by atoms with van der Waals surface area (Å²) in [6.45, 7) is 0. The van der Waals surface area contributed by atoms with Gasteiger partial charge in [-0.15, -0.1) is 0 Å². The van der Waals surface area contributed by atoms with Crippen molar-refractivity contribution in [1.29, 1.82) is 0 Å². The molecular weight excluding hydrogens is 392 g/mol. The van der Waals surface area contributed by atoms with Gasteiger partial charge in [0.25, 0.3) is 0 Å². The van der Waals surface area contributed by atoms with Crippen molar-refractivity contribution in [2.45, 2.75) is 4.90 Å². The molecule has 0 aliphatic carbocycles. The van der Waals surface area contributed by atoms with E-state index in [9.17, 15) is 8.42 Å². The maximum absolute atomic E-state index is 11.7. The number of nitrogens with two attached hydrogens (primary N) is 1. The molecule has 2 aromatic carbocycles. The molecule has 0 aliphatic heterocycles. The van der Waals surface area contributed by atoms with Crippen LogP contribution in [0.25, 0.3) is 22.3 Å². The highest BCUT2D eigenvalue weighted by molar-refractivity contribution is 7.90. The number of ether oxygens (including phenoxy) is 3. The summed E-state index contributed by atoms with van der Waals surface area (Å²) in [5, 5.41) is 0. The molecule has 1 heterocycles. The van der Waals surface area contributed by atoms with E-state index in [-0.39, 0.29) is 4.90 Å². The largest absolute Gasteiger partial charge is 0.493 e. The predicted octanol–water partition coefficient (Wildman–Crippen LogP) is 3.43. The van der Waals surface area contributed by atoms with Gasteiger partial charge in [0.05, 0.1) is 26.2 Å². The molecule has 29 heavy (non-hydrogen) atoms. The van der Waals surface area contributed by atoms with Crippen LogP contribution in [0.5, 0.6) is 17.2 Å². The molecule has 1 aromatic heterocycles. The highest BCUT2D eigenvalue weighted by Crippen LogP contribution is 2.42. The van der Waals surface area contributed by atoms with Crippen LogP contribution < -0.4 is 19.9 Å². The minimum absolute atomic E-state index is 0.259. The first kappa shape index (κ1) is 20.5. The maximum Gasteiger partial charge on any atom is 0.203 e. The number of aromatic nitrogens is 1. The third kappa shape index (κ3) is 4.12. The van der Waals surface area contributed by atoms with Gasteiger partial charge in [0, 0.05) is 23.6 Å². The molecule has 0 radical (unpaired) electrons. The normalized spacial score (nSPS) is 11.2. The first-order chi connectivity index (χ1) is 13.8. The number of pyridine rings is 1. The molecule has 7 nitrogen and oxygen atoms in total. The van der Waals surface area contributed by atoms with E-state index in [0.29, 0.717) is 28.6 Å². The third-order valence-corrected chi connectivity index (χ3v) is 5.64. The fourth-order valence-electron chi connectivity index (χ4n) is 3.00. The van der Waals surface area contributed by atoms with Crippen LogP contribution in [0.2, 0.25) is 0 Å². The summed E-state index contributed by atoms with van der Waals surface area (Å²) < 4.78 is 39.5. The van der Waals surface area contributed by atoms with E-state index in [0.717, 1.165) is 16.7 Å². The van der Waals surface area contributed by atoms with Crippen molar-refractivity contribution in [3.05, 3.63) is 48.7 Å². The van der Waals surface area contributed by atoms with Gasteiger partial charge >= 0.3 is 0 Å². The molecule has 0 fully saturated rings. The Bertz CT molecular complexity index is 1120. The quantitative estimate of drug-likeness (QED) is 0.659. The van der Waals surface area contributed by atoms with Crippen molar-refractivity contribution >= 4 is 15.7 Å². The first-order valence-corrected chi connectivity index (χ1v) is 10.5. The standard InChI is InChI=1S/C21H22N2O5S/c1-26-18-10-14(11-19(27-2)20(18)28-3)17-9-15(12-23-21(17)22)13-5-7-16(8-6-13)29(4,24)25/h5-12H,1-4H3,(H2,22,23). The van der Waals surface area contributed by atoms with Gasteiger partial charge in [-0.2, -0.15) is 0 Å². The number of nitrogens with zero attached hydrogens (tertiary/aromatic N) is 1. The molecule has 0 aliphatic rings. The highest BCUT2D eigenvalue weighted by atomic mass is 32.2. The van der Waals surface area contributed by atoms with Gasteiger partial charge in [-0.3, -0.25) is 0 Å². The zero-order chi connectivity index (χ0) is 21.2. The van der Waals surface area contributed by atoms with Gasteiger partial charge in [-0.1, -0.05) is 12.1 Å². The second kappa shape index (κ2) is 8.00. The number of nitrogen functional groups attached to an aromatic ring is 1. The Morgan fingerprint density at radius 1 is 0.828 bits per heavy atom. The Balaban J connectivity index is 2.11. The van der Waals surface area contributed by atoms with E-state index in [1.165, 1.54) is 13.4 Å². The van der Waals surface area contributed by atoms with E-state index >= 15 is 0 Å². The van der Waals surface area contributed by atoms with Crippen molar-refractivity contribution in [2.24, 2.45) is 0 Å². The number of rotatable bonds is 6. The van der Waals surface area contributed by atoms with Gasteiger partial charge in [-0.25, -0.2) is 13.4 Å². The lowest BCUT2D eigenvalue weighted by atomic mass is 10.0. The van der Waals surface area contributed by atoms with Crippen LogP contribution in [0.1, 0.15) is 0 Å². The fourth-order valence-corrected chi connectivity index (χ4v) is 3.63. The smallest absolute Gasteiger partial charge is 0.203 e. The van der Waals surface area contributed by atoms with Gasteiger partial charge in [-0.05, 0) is 41.5 Å². The highest BCUT2D eigenvalue weighted by Gasteiger charge is 2.16. The van der Waals surface area contributed by atoms with Gasteiger partial charge in [0.15, 0.2) is 21.3 Å². The average molecular weight is 414 g/mol. The maximum atomic E-state index is 11.7. The minimum atomic E-state index is -3.26. The van der Waals surface area contributed by atoms with Crippen LogP contribution in [0.4, 0.5) is 5.82 Å². The van der Waals surface area contributed by atoms with Crippen LogP contribution in [-0.2, 0) is 9.84 Å². The summed E-state index contributed by atoms with van der Waals surface area (Å²) in [4.78, 5) is 4.56. The molecule has 3 aromatic rings. The topological polar surface area (TPSA) is 101 Å². The number of anilines is 1. The fraction of sp³-hybridized carbons (Fsp3) is 0.190. The average Bonchev–Trinajstić information content (AvgIpc) is 2.72. The number of sulfone groups is 1. The number of methoxy groups -OCH3 is 3. The molecule has 0 saturated heterocycles. The predicted molar refractivity (Wildman–Crippen MR) is 112 cm³/mol. The lowest BCUT2D eigenvalue weighted by Crippen LogP contribution is -1.99. The number of hydrogen-bond acceptors (Lipinski definition) is 7. The summed E-state index contributed by atoms with van der Waals surface area (Å²) in [5.74, 6) is 1.84. The van der Waals surface area contributed by atoms with Crippen molar-refractivity contribution in [1.82, 2.24) is 4.98 Å². The second-order valence-corrected chi connectivity index (χ2v) is 8.38. The van der Waals surface area contributed by atoms with Crippen LogP contribution in [-0.4, -0.2) is 41.0 Å². The van der Waals surface area contributed by atoms with Crippen molar-refractivity contribution in [2.75, 3.05) is 33.3 Å². The van der Waals surface area contributed by atoms with Crippen molar-refractivity contribution < 1.29 is 22.6 Å². The summed E-state index contributed by atoms with van der Waals surface area (Å²) in [7, 11) is 1.37. The molecular formula is C21H22N2O5S. The summed E-state index contributed by atoms with van der Waals surface area (Å²) >= 11 is 0. The Morgan fingerprint density at radius 2 is 1.41 bits per heavy atom. The van der Waals surface area contributed by atoms with Crippen molar-refractivity contribution in [3.63, 3.8) is 0 Å². The Labute approximate surface area is 170 Å². The molecule has 0 atom stereocenters. The summed E-state index contributed by atoms with van der Waals surface area (Å²) in [5.41, 5.74) is 9.18. The zero-order valence-electron chi connectivity index (χ0n) is 16.6. The molecule has 0 unspecified atom stereocenters. The van der Waals surface area contributed by atoms with Crippen LogP contribution >= 0.6 is 0 Å². The Morgan fingerprint density at radius 3 is 1.90 bits per heavy atom. The van der Waals surface area contributed by atoms with Gasteiger partial charge in [0.1, 0.15) is 5.82 Å². The molecule has 0 saturated carbocycles. The van der Waals surface area contributed by atoms with E-state index in [2.05, 4.69) is 4.98 Å². The molecule has 0 amide bonds. The lowest BCUT2D eigenvalue weighted by Gasteiger charge is -2.15. The number of hydrogen-bond donors (Lipinski definition) is 1. The van der Waals surface area contributed by atoms with E-state index in [4.69, 9.17) is 19.9 Å². The van der Waals surface area contributed by atoms with Crippen LogP contribution in [0.15, 0.2) is 53.6 Å². The molecule has 2 N–H and O–H groups in total. The third-order valence-electron chi connectivity index (χ3n) is 4.51. The van der Waals surface area contributed by atoms with Gasteiger partial charge < -0.3 is 19.9 Å². The first-order valence-electron chi connectivity index (χ1n) is 8.65. The van der Waals surface area contributed by atoms with Crippen LogP contribution in [0.3, 0.4) is 0 Å². The van der Waals surface area contributed by atoms with Crippen LogP contribution in [0, 0.1) is 0 Å². The van der Waals surface area contributed by atoms with E-state index < -0.39 is 9.84 Å². The lowest BCUT2D eigenvalue weighted by molar-refractivity contribution is 0.324. The monoisotopic (exact) mass is 414 g/mol. The second-order valence-electron chi connectivity index (χ2n) is 6.37. The summed E-state index contributed by atoms with van der Waals surface area (Å²) in [6, 6.07) is 12.1. The zero-order valence-corrected chi connectivity index (χ0v) is 17.4. The van der Waals surface area contributed by atoms with Crippen molar-refractivity contribution in [3.8, 4) is 39.5 Å². The number of benzene rings is 2. The molecule has 0 bridgehead atoms. The SMILES string of the molecule is COc1cc(-c2cc(-c3ccc(S(C)(=O)=O)cc3)cnc2N)cc(OC)c1OC. The Kier molecular flexibility index (Phi) is 5.65. The summed E-state index contributed by atoms with van der Waals surface area (Å²) in [6.07, 6.45) is 2.82. The molecule has 3 rings (SSSR count). The Hall–Kier alpha value is -3.26. The minimum Gasteiger partial charge on any atom is -0.493 e. The van der Waals surface area contributed by atoms with Gasteiger partial charge in [0.2, 0.25) is 5.75 Å². The molecule has 0 spiro atoms. The molecule has 152 valence electrons.